The van der Waals surface area contributed by atoms with E-state index in [1.54, 1.807) is 0 Å². The van der Waals surface area contributed by atoms with E-state index in [9.17, 15) is 20.4 Å². The summed E-state index contributed by atoms with van der Waals surface area (Å²) in [6.45, 7) is -1.73. The molecule has 0 aromatic rings. The average molecular weight is 284 g/mol. The molecule has 0 saturated carbocycles. The van der Waals surface area contributed by atoms with Gasteiger partial charge >= 0.3 is 0 Å². The summed E-state index contributed by atoms with van der Waals surface area (Å²) in [5, 5.41) is 64.5. The molecule has 7 N–H and O–H groups in total. The molecule has 1 fully saturated rings. The van der Waals surface area contributed by atoms with Crippen molar-refractivity contribution in [1.82, 2.24) is 0 Å². The first-order valence-corrected chi connectivity index (χ1v) is 5.81. The molecule has 19 heavy (non-hydrogen) atoms. The van der Waals surface area contributed by atoms with Crippen LogP contribution in [-0.4, -0.2) is 98.5 Å². The van der Waals surface area contributed by atoms with Crippen molar-refractivity contribution in [3.05, 3.63) is 0 Å². The molecule has 0 aromatic carbocycles. The third kappa shape index (κ3) is 4.05. The first kappa shape index (κ1) is 16.7. The van der Waals surface area contributed by atoms with Crippen molar-refractivity contribution in [2.75, 3.05) is 19.8 Å². The Kier molecular flexibility index (Phi) is 6.53. The summed E-state index contributed by atoms with van der Waals surface area (Å²) < 4.78 is 9.96. The van der Waals surface area contributed by atoms with Gasteiger partial charge in [-0.25, -0.2) is 0 Å². The second kappa shape index (κ2) is 7.43. The monoisotopic (exact) mass is 284 g/mol. The fraction of sp³-hybridized carbons (Fsp3) is 1.00. The molecule has 1 aliphatic heterocycles. The van der Waals surface area contributed by atoms with Gasteiger partial charge in [-0.3, -0.25) is 0 Å². The molecule has 114 valence electrons. The molecule has 1 unspecified atom stereocenters. The van der Waals surface area contributed by atoms with Crippen molar-refractivity contribution in [2.45, 2.75) is 42.9 Å². The largest absolute Gasteiger partial charge is 0.394 e. The third-order valence-electron chi connectivity index (χ3n) is 2.91. The summed E-state index contributed by atoms with van der Waals surface area (Å²) in [5.74, 6) is 0. The van der Waals surface area contributed by atoms with Crippen LogP contribution in [0.4, 0.5) is 0 Å². The number of hydrogen-bond acceptors (Lipinski definition) is 9. The Balaban J connectivity index is 2.52. The maximum Gasteiger partial charge on any atom is 0.186 e. The van der Waals surface area contributed by atoms with Gasteiger partial charge in [0.2, 0.25) is 0 Å². The lowest BCUT2D eigenvalue weighted by Crippen LogP contribution is -2.59. The van der Waals surface area contributed by atoms with Crippen LogP contribution in [0.5, 0.6) is 0 Å². The summed E-state index contributed by atoms with van der Waals surface area (Å²) in [6.07, 6.45) is -9.94. The number of ether oxygens (including phenoxy) is 2. The van der Waals surface area contributed by atoms with E-state index < -0.39 is 62.7 Å². The molecule has 9 heteroatoms. The lowest BCUT2D eigenvalue weighted by molar-refractivity contribution is -0.306. The molecule has 0 amide bonds. The lowest BCUT2D eigenvalue weighted by atomic mass is 9.99. The molecule has 9 nitrogen and oxygen atoms in total. The summed E-state index contributed by atoms with van der Waals surface area (Å²) >= 11 is 0. The van der Waals surface area contributed by atoms with Gasteiger partial charge < -0.3 is 45.2 Å². The maximum atomic E-state index is 9.59. The van der Waals surface area contributed by atoms with Gasteiger partial charge in [0, 0.05) is 0 Å². The summed E-state index contributed by atoms with van der Waals surface area (Å²) in [5.41, 5.74) is 0. The summed E-state index contributed by atoms with van der Waals surface area (Å²) in [4.78, 5) is 0. The van der Waals surface area contributed by atoms with Gasteiger partial charge in [0.05, 0.1) is 19.8 Å². The van der Waals surface area contributed by atoms with E-state index in [-0.39, 0.29) is 0 Å². The molecule has 1 saturated heterocycles. The Labute approximate surface area is 109 Å². The molecule has 1 rings (SSSR count). The molecule has 0 aliphatic carbocycles. The number of rotatable bonds is 6. The summed E-state index contributed by atoms with van der Waals surface area (Å²) in [6, 6.07) is 0. The van der Waals surface area contributed by atoms with E-state index in [4.69, 9.17) is 24.8 Å². The second-order valence-corrected chi connectivity index (χ2v) is 4.35. The van der Waals surface area contributed by atoms with E-state index >= 15 is 0 Å². The van der Waals surface area contributed by atoms with Crippen LogP contribution in [0.1, 0.15) is 0 Å². The molecule has 0 bridgehead atoms. The Morgan fingerprint density at radius 2 is 1.58 bits per heavy atom. The topological polar surface area (TPSA) is 160 Å². The van der Waals surface area contributed by atoms with Gasteiger partial charge in [-0.05, 0) is 0 Å². The van der Waals surface area contributed by atoms with Gasteiger partial charge in [-0.2, -0.15) is 0 Å². The molecule has 1 aliphatic rings. The second-order valence-electron chi connectivity index (χ2n) is 4.35. The van der Waals surface area contributed by atoms with Gasteiger partial charge in [0.15, 0.2) is 6.29 Å². The Morgan fingerprint density at radius 1 is 0.947 bits per heavy atom. The zero-order valence-electron chi connectivity index (χ0n) is 10.1. The first-order valence-electron chi connectivity index (χ1n) is 5.81. The number of aliphatic hydroxyl groups is 7. The highest BCUT2D eigenvalue weighted by Gasteiger charge is 2.44. The predicted molar refractivity (Wildman–Crippen MR) is 58.8 cm³/mol. The summed E-state index contributed by atoms with van der Waals surface area (Å²) in [7, 11) is 0. The van der Waals surface area contributed by atoms with Crippen LogP contribution in [0.15, 0.2) is 0 Å². The van der Waals surface area contributed by atoms with E-state index in [0.717, 1.165) is 0 Å². The van der Waals surface area contributed by atoms with Gasteiger partial charge in [0.25, 0.3) is 0 Å². The van der Waals surface area contributed by atoms with E-state index in [1.807, 2.05) is 0 Å². The van der Waals surface area contributed by atoms with Crippen molar-refractivity contribution >= 4 is 0 Å². The number of hydrogen-bond donors (Lipinski definition) is 7. The fourth-order valence-corrected chi connectivity index (χ4v) is 1.63. The van der Waals surface area contributed by atoms with Crippen LogP contribution in [0.3, 0.4) is 0 Å². The predicted octanol–water partition coefficient (Wildman–Crippen LogP) is -4.48. The molecule has 0 radical (unpaired) electrons. The molecule has 0 aromatic heterocycles. The van der Waals surface area contributed by atoms with Crippen LogP contribution < -0.4 is 0 Å². The minimum absolute atomic E-state index is 0.468. The highest BCUT2D eigenvalue weighted by molar-refractivity contribution is 4.89. The van der Waals surface area contributed by atoms with Gasteiger partial charge in [0.1, 0.15) is 36.6 Å². The van der Waals surface area contributed by atoms with Crippen molar-refractivity contribution < 1.29 is 45.2 Å². The fourth-order valence-electron chi connectivity index (χ4n) is 1.63. The smallest absolute Gasteiger partial charge is 0.186 e. The van der Waals surface area contributed by atoms with Gasteiger partial charge in [-0.1, -0.05) is 0 Å². The highest BCUT2D eigenvalue weighted by atomic mass is 16.7. The van der Waals surface area contributed by atoms with Crippen LogP contribution in [0.2, 0.25) is 0 Å². The quantitative estimate of drug-likeness (QED) is 0.255. The van der Waals surface area contributed by atoms with Crippen LogP contribution >= 0.6 is 0 Å². The SMILES string of the molecule is OC[C@@H](O)[C@H](O)COC1O[C@H](CO)[C@@H](O)[C@H](O)[C@H]1O. The van der Waals surface area contributed by atoms with Gasteiger partial charge in [-0.15, -0.1) is 0 Å². The normalized spacial score (nSPS) is 39.0. The van der Waals surface area contributed by atoms with E-state index in [2.05, 4.69) is 0 Å². The third-order valence-corrected chi connectivity index (χ3v) is 2.91. The zero-order valence-corrected chi connectivity index (χ0v) is 10.1. The molecular weight excluding hydrogens is 264 g/mol. The lowest BCUT2D eigenvalue weighted by Gasteiger charge is -2.39. The molecule has 0 spiro atoms. The van der Waals surface area contributed by atoms with Crippen molar-refractivity contribution in [3.8, 4) is 0 Å². The van der Waals surface area contributed by atoms with E-state index in [1.165, 1.54) is 0 Å². The molecular formula is C10H20O9. The van der Waals surface area contributed by atoms with E-state index in [0.29, 0.717) is 0 Å². The standard InChI is InChI=1S/C10H20O9/c11-1-4(13)5(14)3-18-10-9(17)8(16)7(15)6(2-12)19-10/h4-17H,1-3H2/t4-,5-,6-,7-,8+,9-,10?/m1/s1. The van der Waals surface area contributed by atoms with Crippen LogP contribution in [0.25, 0.3) is 0 Å². The average Bonchev–Trinajstić information content (AvgIpc) is 2.42. The molecule has 1 heterocycles. The Morgan fingerprint density at radius 3 is 2.11 bits per heavy atom. The highest BCUT2D eigenvalue weighted by Crippen LogP contribution is 2.22. The van der Waals surface area contributed by atoms with Crippen LogP contribution in [-0.2, 0) is 9.47 Å². The number of aliphatic hydroxyl groups excluding tert-OH is 7. The van der Waals surface area contributed by atoms with Crippen LogP contribution in [0, 0.1) is 0 Å². The zero-order chi connectivity index (χ0) is 14.6. The van der Waals surface area contributed by atoms with Crippen molar-refractivity contribution in [3.63, 3.8) is 0 Å². The Bertz CT molecular complexity index is 261. The minimum Gasteiger partial charge on any atom is -0.394 e. The van der Waals surface area contributed by atoms with Crippen molar-refractivity contribution in [1.29, 1.82) is 0 Å². The first-order chi connectivity index (χ1) is 8.92. The minimum atomic E-state index is -1.57. The molecule has 7 atom stereocenters. The van der Waals surface area contributed by atoms with Crippen molar-refractivity contribution in [2.24, 2.45) is 0 Å². The maximum absolute atomic E-state index is 9.59. The Hall–Kier alpha value is -0.360.